The summed E-state index contributed by atoms with van der Waals surface area (Å²) in [4.78, 5) is 11.1. The Labute approximate surface area is 104 Å². The molecule has 0 saturated carbocycles. The van der Waals surface area contributed by atoms with Gasteiger partial charge in [0.25, 0.3) is 0 Å². The first-order valence-corrected chi connectivity index (χ1v) is 5.76. The summed E-state index contributed by atoms with van der Waals surface area (Å²) in [6.07, 6.45) is 3.48. The van der Waals surface area contributed by atoms with E-state index < -0.39 is 12.0 Å². The number of benzene rings is 1. The first-order valence-electron chi connectivity index (χ1n) is 5.76. The SMILES string of the molecule is O=C(O)C(CCCc1ccccc1)n1cnnn1. The number of hydrogen-bond donors (Lipinski definition) is 1. The molecule has 1 unspecified atom stereocenters. The van der Waals surface area contributed by atoms with Crippen LogP contribution in [0.3, 0.4) is 0 Å². The second kappa shape index (κ2) is 5.90. The third-order valence-corrected chi connectivity index (χ3v) is 2.76. The van der Waals surface area contributed by atoms with Gasteiger partial charge in [-0.1, -0.05) is 30.3 Å². The molecule has 1 heterocycles. The Kier molecular flexibility index (Phi) is 4.01. The van der Waals surface area contributed by atoms with Crippen molar-refractivity contribution in [1.82, 2.24) is 20.2 Å². The van der Waals surface area contributed by atoms with E-state index in [1.807, 2.05) is 30.3 Å². The molecule has 2 rings (SSSR count). The van der Waals surface area contributed by atoms with Gasteiger partial charge in [0.1, 0.15) is 6.33 Å². The normalized spacial score (nSPS) is 12.2. The molecule has 0 radical (unpaired) electrons. The number of tetrazole rings is 1. The van der Waals surface area contributed by atoms with Crippen LogP contribution in [-0.4, -0.2) is 31.3 Å². The van der Waals surface area contributed by atoms with Gasteiger partial charge in [-0.25, -0.2) is 9.48 Å². The molecule has 0 aliphatic carbocycles. The molecule has 6 heteroatoms. The van der Waals surface area contributed by atoms with Crippen LogP contribution in [0.4, 0.5) is 0 Å². The van der Waals surface area contributed by atoms with Crippen LogP contribution in [0.1, 0.15) is 24.4 Å². The van der Waals surface area contributed by atoms with Gasteiger partial charge in [-0.3, -0.25) is 0 Å². The lowest BCUT2D eigenvalue weighted by Crippen LogP contribution is -2.20. The summed E-state index contributed by atoms with van der Waals surface area (Å²) in [6, 6.07) is 9.30. The highest BCUT2D eigenvalue weighted by Gasteiger charge is 2.20. The van der Waals surface area contributed by atoms with Gasteiger partial charge in [-0.15, -0.1) is 5.10 Å². The van der Waals surface area contributed by atoms with Crippen molar-refractivity contribution in [2.45, 2.75) is 25.3 Å². The molecular weight excluding hydrogens is 232 g/mol. The van der Waals surface area contributed by atoms with E-state index in [-0.39, 0.29) is 0 Å². The molecule has 0 amide bonds. The summed E-state index contributed by atoms with van der Waals surface area (Å²) in [5.41, 5.74) is 1.21. The third-order valence-electron chi connectivity index (χ3n) is 2.76. The van der Waals surface area contributed by atoms with Crippen molar-refractivity contribution < 1.29 is 9.90 Å². The first kappa shape index (κ1) is 12.2. The lowest BCUT2D eigenvalue weighted by Gasteiger charge is -2.10. The van der Waals surface area contributed by atoms with E-state index in [1.165, 1.54) is 16.6 Å². The Morgan fingerprint density at radius 2 is 2.11 bits per heavy atom. The van der Waals surface area contributed by atoms with Gasteiger partial charge in [0, 0.05) is 0 Å². The van der Waals surface area contributed by atoms with Crippen LogP contribution < -0.4 is 0 Å². The van der Waals surface area contributed by atoms with Gasteiger partial charge >= 0.3 is 5.97 Å². The molecule has 0 saturated heterocycles. The van der Waals surface area contributed by atoms with Crippen LogP contribution in [0, 0.1) is 0 Å². The minimum absolute atomic E-state index is 0.509. The monoisotopic (exact) mass is 246 g/mol. The molecule has 1 aromatic carbocycles. The number of hydrogen-bond acceptors (Lipinski definition) is 4. The van der Waals surface area contributed by atoms with E-state index in [0.717, 1.165) is 12.8 Å². The smallest absolute Gasteiger partial charge is 0.328 e. The number of aromatic nitrogens is 4. The first-order chi connectivity index (χ1) is 8.77. The van der Waals surface area contributed by atoms with Crippen molar-refractivity contribution in [2.24, 2.45) is 0 Å². The van der Waals surface area contributed by atoms with Crippen LogP contribution in [-0.2, 0) is 11.2 Å². The Morgan fingerprint density at radius 1 is 1.33 bits per heavy atom. The predicted octanol–water partition coefficient (Wildman–Crippen LogP) is 1.32. The van der Waals surface area contributed by atoms with E-state index in [0.29, 0.717) is 6.42 Å². The Morgan fingerprint density at radius 3 is 2.72 bits per heavy atom. The molecule has 0 aliphatic heterocycles. The van der Waals surface area contributed by atoms with Crippen molar-refractivity contribution in [3.8, 4) is 0 Å². The predicted molar refractivity (Wildman–Crippen MR) is 63.9 cm³/mol. The maximum atomic E-state index is 11.1. The fourth-order valence-corrected chi connectivity index (χ4v) is 1.82. The molecule has 18 heavy (non-hydrogen) atoms. The third kappa shape index (κ3) is 3.13. The fraction of sp³-hybridized carbons (Fsp3) is 0.333. The summed E-state index contributed by atoms with van der Waals surface area (Å²) in [6.45, 7) is 0. The highest BCUT2D eigenvalue weighted by atomic mass is 16.4. The molecule has 94 valence electrons. The summed E-state index contributed by atoms with van der Waals surface area (Å²) in [7, 11) is 0. The summed E-state index contributed by atoms with van der Waals surface area (Å²) < 4.78 is 1.29. The number of carbonyl (C=O) groups is 1. The molecule has 1 atom stereocenters. The summed E-state index contributed by atoms with van der Waals surface area (Å²) in [5, 5.41) is 19.7. The number of carboxylic acids is 1. The van der Waals surface area contributed by atoms with E-state index in [4.69, 9.17) is 5.11 Å². The van der Waals surface area contributed by atoms with Gasteiger partial charge in [-0.05, 0) is 35.3 Å². The molecule has 6 nitrogen and oxygen atoms in total. The Balaban J connectivity index is 1.89. The summed E-state index contributed by atoms with van der Waals surface area (Å²) in [5.74, 6) is -0.907. The number of aryl methyl sites for hydroxylation is 1. The zero-order chi connectivity index (χ0) is 12.8. The molecule has 0 bridgehead atoms. The molecule has 2 aromatic rings. The van der Waals surface area contributed by atoms with Crippen LogP contribution in [0.5, 0.6) is 0 Å². The van der Waals surface area contributed by atoms with Gasteiger partial charge < -0.3 is 5.11 Å². The quantitative estimate of drug-likeness (QED) is 0.831. The molecule has 1 N–H and O–H groups in total. The maximum absolute atomic E-state index is 11.1. The Hall–Kier alpha value is -2.24. The van der Waals surface area contributed by atoms with E-state index >= 15 is 0 Å². The maximum Gasteiger partial charge on any atom is 0.328 e. The molecule has 0 spiro atoms. The van der Waals surface area contributed by atoms with Gasteiger partial charge in [-0.2, -0.15) is 0 Å². The van der Waals surface area contributed by atoms with Crippen molar-refractivity contribution in [2.75, 3.05) is 0 Å². The van der Waals surface area contributed by atoms with E-state index in [2.05, 4.69) is 15.5 Å². The van der Waals surface area contributed by atoms with Crippen LogP contribution in [0.15, 0.2) is 36.7 Å². The van der Waals surface area contributed by atoms with Crippen LogP contribution in [0.25, 0.3) is 0 Å². The minimum Gasteiger partial charge on any atom is -0.480 e. The largest absolute Gasteiger partial charge is 0.480 e. The number of aliphatic carboxylic acids is 1. The molecule has 0 fully saturated rings. The Bertz CT molecular complexity index is 484. The van der Waals surface area contributed by atoms with E-state index in [9.17, 15) is 4.79 Å². The lowest BCUT2D eigenvalue weighted by molar-refractivity contribution is -0.141. The van der Waals surface area contributed by atoms with Crippen molar-refractivity contribution in [3.63, 3.8) is 0 Å². The van der Waals surface area contributed by atoms with Crippen LogP contribution in [0.2, 0.25) is 0 Å². The van der Waals surface area contributed by atoms with Crippen molar-refractivity contribution >= 4 is 5.97 Å². The second-order valence-electron chi connectivity index (χ2n) is 4.02. The topological polar surface area (TPSA) is 80.9 Å². The lowest BCUT2D eigenvalue weighted by atomic mass is 10.0. The van der Waals surface area contributed by atoms with Gasteiger partial charge in [0.2, 0.25) is 0 Å². The van der Waals surface area contributed by atoms with Crippen molar-refractivity contribution in [3.05, 3.63) is 42.2 Å². The fourth-order valence-electron chi connectivity index (χ4n) is 1.82. The van der Waals surface area contributed by atoms with Crippen molar-refractivity contribution in [1.29, 1.82) is 0 Å². The highest BCUT2D eigenvalue weighted by Crippen LogP contribution is 2.14. The molecule has 1 aromatic heterocycles. The second-order valence-corrected chi connectivity index (χ2v) is 4.02. The van der Waals surface area contributed by atoms with E-state index in [1.54, 1.807) is 0 Å². The molecule has 0 aliphatic rings. The standard InChI is InChI=1S/C12H14N4O2/c17-12(18)11(16-9-13-14-15-16)8-4-7-10-5-2-1-3-6-10/h1-3,5-6,9,11H,4,7-8H2,(H,17,18). The number of rotatable bonds is 6. The zero-order valence-electron chi connectivity index (χ0n) is 9.81. The van der Waals surface area contributed by atoms with Gasteiger partial charge in [0.15, 0.2) is 6.04 Å². The average molecular weight is 246 g/mol. The minimum atomic E-state index is -0.907. The number of carboxylic acid groups (broad SMARTS) is 1. The summed E-state index contributed by atoms with van der Waals surface area (Å²) >= 11 is 0. The molecular formula is C12H14N4O2. The van der Waals surface area contributed by atoms with Crippen LogP contribution >= 0.6 is 0 Å². The zero-order valence-corrected chi connectivity index (χ0v) is 9.81. The number of nitrogens with zero attached hydrogens (tertiary/aromatic N) is 4. The van der Waals surface area contributed by atoms with Gasteiger partial charge in [0.05, 0.1) is 0 Å². The highest BCUT2D eigenvalue weighted by molar-refractivity contribution is 5.71. The average Bonchev–Trinajstić information content (AvgIpc) is 2.89.